The molecule has 1 saturated carbocycles. The fraction of sp³-hybridized carbons (Fsp3) is 0.600. The Kier molecular flexibility index (Phi) is 4.44. The molecule has 1 fully saturated rings. The minimum atomic E-state index is 0.595. The van der Waals surface area contributed by atoms with E-state index in [2.05, 4.69) is 37.6 Å². The number of benzene rings is 1. The number of anilines is 2. The Hall–Kier alpha value is -0.830. The average molecular weight is 264 g/mol. The largest absolute Gasteiger partial charge is 0.397 e. The van der Waals surface area contributed by atoms with Crippen LogP contribution in [-0.2, 0) is 0 Å². The molecule has 1 aliphatic rings. The van der Waals surface area contributed by atoms with Crippen molar-refractivity contribution >= 4 is 23.1 Å². The van der Waals surface area contributed by atoms with Gasteiger partial charge in [-0.1, -0.05) is 0 Å². The fourth-order valence-electron chi connectivity index (χ4n) is 2.63. The topological polar surface area (TPSA) is 38.0 Å². The molecule has 3 heteroatoms. The molecule has 3 N–H and O–H groups in total. The van der Waals surface area contributed by atoms with Crippen LogP contribution in [0, 0.1) is 13.8 Å². The Balaban J connectivity index is 2.00. The van der Waals surface area contributed by atoms with E-state index < -0.39 is 0 Å². The van der Waals surface area contributed by atoms with Gasteiger partial charge in [0.2, 0.25) is 0 Å². The minimum Gasteiger partial charge on any atom is -0.397 e. The summed E-state index contributed by atoms with van der Waals surface area (Å²) in [5, 5.41) is 4.49. The van der Waals surface area contributed by atoms with E-state index in [4.69, 9.17) is 5.73 Å². The molecule has 0 unspecified atom stereocenters. The van der Waals surface area contributed by atoms with Crippen molar-refractivity contribution in [2.75, 3.05) is 17.3 Å². The van der Waals surface area contributed by atoms with Gasteiger partial charge in [-0.3, -0.25) is 0 Å². The van der Waals surface area contributed by atoms with Gasteiger partial charge in [0.25, 0.3) is 0 Å². The molecule has 0 radical (unpaired) electrons. The molecule has 0 saturated heterocycles. The van der Waals surface area contributed by atoms with Crippen molar-refractivity contribution in [3.63, 3.8) is 0 Å². The van der Waals surface area contributed by atoms with Crippen LogP contribution >= 0.6 is 11.8 Å². The highest BCUT2D eigenvalue weighted by Gasteiger charge is 2.20. The second-order valence-electron chi connectivity index (χ2n) is 5.38. The van der Waals surface area contributed by atoms with Crippen molar-refractivity contribution in [2.45, 2.75) is 50.8 Å². The maximum atomic E-state index is 6.09. The van der Waals surface area contributed by atoms with Crippen LogP contribution in [0.2, 0.25) is 0 Å². The zero-order valence-electron chi connectivity index (χ0n) is 11.6. The number of nitrogen functional groups attached to an aromatic ring is 1. The summed E-state index contributed by atoms with van der Waals surface area (Å²) in [6.45, 7) is 4.25. The monoisotopic (exact) mass is 264 g/mol. The SMILES string of the molecule is CSC1CCC(Nc2cc(C)c(C)cc2N)CC1. The Morgan fingerprint density at radius 1 is 1.11 bits per heavy atom. The zero-order chi connectivity index (χ0) is 13.1. The van der Waals surface area contributed by atoms with Gasteiger partial charge >= 0.3 is 0 Å². The Labute approximate surface area is 115 Å². The van der Waals surface area contributed by atoms with E-state index in [9.17, 15) is 0 Å². The number of nitrogens with two attached hydrogens (primary N) is 1. The summed E-state index contributed by atoms with van der Waals surface area (Å²) < 4.78 is 0. The highest BCUT2D eigenvalue weighted by Crippen LogP contribution is 2.31. The van der Waals surface area contributed by atoms with Crippen LogP contribution in [0.25, 0.3) is 0 Å². The first-order valence-electron chi connectivity index (χ1n) is 6.76. The number of hydrogen-bond donors (Lipinski definition) is 2. The van der Waals surface area contributed by atoms with E-state index in [1.165, 1.54) is 36.8 Å². The highest BCUT2D eigenvalue weighted by molar-refractivity contribution is 7.99. The predicted molar refractivity (Wildman–Crippen MR) is 83.5 cm³/mol. The van der Waals surface area contributed by atoms with Gasteiger partial charge in [0.05, 0.1) is 11.4 Å². The van der Waals surface area contributed by atoms with Crippen molar-refractivity contribution in [1.29, 1.82) is 0 Å². The summed E-state index contributed by atoms with van der Waals surface area (Å²) >= 11 is 2.01. The first-order chi connectivity index (χ1) is 8.60. The van der Waals surface area contributed by atoms with E-state index in [0.29, 0.717) is 6.04 Å². The fourth-order valence-corrected chi connectivity index (χ4v) is 3.37. The summed E-state index contributed by atoms with van der Waals surface area (Å²) in [5.41, 5.74) is 10.7. The van der Waals surface area contributed by atoms with E-state index in [0.717, 1.165) is 16.6 Å². The summed E-state index contributed by atoms with van der Waals surface area (Å²) in [5.74, 6) is 0. The molecule has 0 aliphatic heterocycles. The van der Waals surface area contributed by atoms with Crippen LogP contribution in [0.1, 0.15) is 36.8 Å². The Bertz CT molecular complexity index is 409. The highest BCUT2D eigenvalue weighted by atomic mass is 32.2. The molecular formula is C15H24N2S. The predicted octanol–water partition coefficient (Wildman–Crippen LogP) is 3.97. The number of hydrogen-bond acceptors (Lipinski definition) is 3. The van der Waals surface area contributed by atoms with Crippen molar-refractivity contribution in [3.05, 3.63) is 23.3 Å². The second kappa shape index (κ2) is 5.87. The van der Waals surface area contributed by atoms with Gasteiger partial charge in [0.1, 0.15) is 0 Å². The summed E-state index contributed by atoms with van der Waals surface area (Å²) in [7, 11) is 0. The zero-order valence-corrected chi connectivity index (χ0v) is 12.4. The normalized spacial score (nSPS) is 23.9. The quantitative estimate of drug-likeness (QED) is 0.811. The van der Waals surface area contributed by atoms with Crippen molar-refractivity contribution in [1.82, 2.24) is 0 Å². The van der Waals surface area contributed by atoms with Gasteiger partial charge in [0, 0.05) is 11.3 Å². The first kappa shape index (κ1) is 13.6. The molecule has 1 aromatic rings. The molecule has 1 aromatic carbocycles. The van der Waals surface area contributed by atoms with Gasteiger partial charge in [-0.25, -0.2) is 0 Å². The number of aryl methyl sites for hydroxylation is 2. The molecule has 1 aliphatic carbocycles. The van der Waals surface area contributed by atoms with Gasteiger partial charge in [0.15, 0.2) is 0 Å². The lowest BCUT2D eigenvalue weighted by atomic mass is 9.94. The number of nitrogens with one attached hydrogen (secondary N) is 1. The maximum Gasteiger partial charge on any atom is 0.0578 e. The van der Waals surface area contributed by atoms with Crippen LogP contribution in [0.4, 0.5) is 11.4 Å². The summed E-state index contributed by atoms with van der Waals surface area (Å²) in [4.78, 5) is 0. The second-order valence-corrected chi connectivity index (χ2v) is 6.52. The third kappa shape index (κ3) is 3.14. The molecule has 2 rings (SSSR count). The standard InChI is InChI=1S/C15H24N2S/c1-10-8-14(16)15(9-11(10)2)17-12-4-6-13(18-3)7-5-12/h8-9,12-13,17H,4-7,16H2,1-3H3. The third-order valence-corrected chi connectivity index (χ3v) is 5.17. The van der Waals surface area contributed by atoms with Crippen molar-refractivity contribution in [2.24, 2.45) is 0 Å². The van der Waals surface area contributed by atoms with Gasteiger partial charge < -0.3 is 11.1 Å². The molecule has 2 nitrogen and oxygen atoms in total. The molecule has 0 aromatic heterocycles. The van der Waals surface area contributed by atoms with Crippen LogP contribution in [0.5, 0.6) is 0 Å². The Morgan fingerprint density at radius 3 is 2.33 bits per heavy atom. The van der Waals surface area contributed by atoms with Crippen molar-refractivity contribution in [3.8, 4) is 0 Å². The first-order valence-corrected chi connectivity index (χ1v) is 8.05. The molecule has 0 bridgehead atoms. The van der Waals surface area contributed by atoms with Gasteiger partial charge in [-0.15, -0.1) is 0 Å². The smallest absolute Gasteiger partial charge is 0.0578 e. The number of thioether (sulfide) groups is 1. The van der Waals surface area contributed by atoms with Gasteiger partial charge in [-0.2, -0.15) is 11.8 Å². The van der Waals surface area contributed by atoms with E-state index in [1.807, 2.05) is 11.8 Å². The number of rotatable bonds is 3. The molecule has 100 valence electrons. The Morgan fingerprint density at radius 2 is 1.72 bits per heavy atom. The van der Waals surface area contributed by atoms with Crippen LogP contribution in [-0.4, -0.2) is 17.5 Å². The van der Waals surface area contributed by atoms with E-state index >= 15 is 0 Å². The average Bonchev–Trinajstić information content (AvgIpc) is 2.37. The summed E-state index contributed by atoms with van der Waals surface area (Å²) in [6.07, 6.45) is 7.39. The molecule has 0 atom stereocenters. The molecule has 0 amide bonds. The lowest BCUT2D eigenvalue weighted by Crippen LogP contribution is -2.27. The third-order valence-electron chi connectivity index (χ3n) is 4.03. The van der Waals surface area contributed by atoms with Gasteiger partial charge in [-0.05, 0) is 69.0 Å². The lowest BCUT2D eigenvalue weighted by molar-refractivity contribution is 0.473. The minimum absolute atomic E-state index is 0.595. The molecular weight excluding hydrogens is 240 g/mol. The molecule has 0 heterocycles. The molecule has 18 heavy (non-hydrogen) atoms. The maximum absolute atomic E-state index is 6.09. The van der Waals surface area contributed by atoms with Crippen LogP contribution in [0.15, 0.2) is 12.1 Å². The van der Waals surface area contributed by atoms with Crippen LogP contribution < -0.4 is 11.1 Å². The lowest BCUT2D eigenvalue weighted by Gasteiger charge is -2.29. The summed E-state index contributed by atoms with van der Waals surface area (Å²) in [6, 6.07) is 4.86. The van der Waals surface area contributed by atoms with E-state index in [1.54, 1.807) is 0 Å². The molecule has 0 spiro atoms. The van der Waals surface area contributed by atoms with Crippen molar-refractivity contribution < 1.29 is 0 Å². The van der Waals surface area contributed by atoms with Crippen LogP contribution in [0.3, 0.4) is 0 Å². The van der Waals surface area contributed by atoms with E-state index in [-0.39, 0.29) is 0 Å².